The van der Waals surface area contributed by atoms with E-state index in [1.807, 2.05) is 6.92 Å². The van der Waals surface area contributed by atoms with Crippen LogP contribution in [0.15, 0.2) is 18.2 Å². The predicted molar refractivity (Wildman–Crippen MR) is 148 cm³/mol. The highest BCUT2D eigenvalue weighted by Crippen LogP contribution is 2.43. The van der Waals surface area contributed by atoms with E-state index in [9.17, 15) is 24.3 Å². The summed E-state index contributed by atoms with van der Waals surface area (Å²) in [5.74, 6) is -2.57. The molecule has 1 aliphatic carbocycles. The van der Waals surface area contributed by atoms with E-state index in [2.05, 4.69) is 0 Å². The number of likely N-dealkylation sites (tertiary alicyclic amines) is 1. The second-order valence-electron chi connectivity index (χ2n) is 12.2. The molecule has 0 spiro atoms. The number of carboxylic acids is 1. The number of carbonyl (C=O) groups excluding carboxylic acids is 3. The van der Waals surface area contributed by atoms with E-state index in [0.29, 0.717) is 36.9 Å². The highest BCUT2D eigenvalue weighted by Gasteiger charge is 2.45. The molecule has 220 valence electrons. The van der Waals surface area contributed by atoms with E-state index in [1.54, 1.807) is 62.6 Å². The van der Waals surface area contributed by atoms with Crippen LogP contribution >= 0.6 is 0 Å². The first kappa shape index (κ1) is 29.6. The van der Waals surface area contributed by atoms with Gasteiger partial charge in [0.25, 0.3) is 5.91 Å². The molecule has 3 amide bonds. The quantitative estimate of drug-likeness (QED) is 0.478. The zero-order valence-electron chi connectivity index (χ0n) is 24.3. The van der Waals surface area contributed by atoms with Crippen molar-refractivity contribution in [3.05, 3.63) is 18.2 Å². The first-order chi connectivity index (χ1) is 18.7. The summed E-state index contributed by atoms with van der Waals surface area (Å²) < 4.78 is 17.0. The van der Waals surface area contributed by atoms with Gasteiger partial charge in [0.15, 0.2) is 5.60 Å². The number of ether oxygens (including phenoxy) is 3. The Bertz CT molecular complexity index is 1160. The Hall–Kier alpha value is -3.34. The average molecular weight is 560 g/mol. The fourth-order valence-electron chi connectivity index (χ4n) is 5.21. The highest BCUT2D eigenvalue weighted by molar-refractivity contribution is 6.04. The lowest BCUT2D eigenvalue weighted by atomic mass is 9.88. The highest BCUT2D eigenvalue weighted by atomic mass is 16.6. The Morgan fingerprint density at radius 3 is 2.42 bits per heavy atom. The van der Waals surface area contributed by atoms with E-state index >= 15 is 0 Å². The SMILES string of the molecule is CCOCCN1C(=O)C(C)(C)Oc2ccc(N(C(=O)[C@@H]3C[C@H](C(=O)O)CN(C(=O)OC(C)(C)C)C3)C3CC3)cc21. The monoisotopic (exact) mass is 559 g/mol. The maximum absolute atomic E-state index is 14.1. The van der Waals surface area contributed by atoms with E-state index in [1.165, 1.54) is 4.90 Å². The molecule has 1 aromatic rings. The number of amides is 3. The Morgan fingerprint density at radius 1 is 1.15 bits per heavy atom. The molecule has 2 aliphatic heterocycles. The number of hydrogen-bond acceptors (Lipinski definition) is 7. The van der Waals surface area contributed by atoms with Crippen molar-refractivity contribution in [3.63, 3.8) is 0 Å². The molecular formula is C29H41N3O8. The molecule has 0 unspecified atom stereocenters. The molecule has 1 saturated carbocycles. The lowest BCUT2D eigenvalue weighted by molar-refractivity contribution is -0.145. The molecule has 40 heavy (non-hydrogen) atoms. The number of piperidine rings is 1. The van der Waals surface area contributed by atoms with Crippen molar-refractivity contribution in [2.75, 3.05) is 42.6 Å². The van der Waals surface area contributed by atoms with Gasteiger partial charge in [-0.3, -0.25) is 14.4 Å². The number of fused-ring (bicyclic) bond motifs is 1. The standard InChI is InChI=1S/C29H41N3O8/c1-7-38-13-12-31-22-15-21(10-11-23(22)39-29(5,6)26(31)36)32(20-8-9-20)24(33)18-14-19(25(34)35)17-30(16-18)27(37)40-28(2,3)4/h10-11,15,18-20H,7-9,12-14,16-17H2,1-6H3,(H,34,35)/t18-,19+/m1/s1. The van der Waals surface area contributed by atoms with Gasteiger partial charge >= 0.3 is 12.1 Å². The van der Waals surface area contributed by atoms with Crippen molar-refractivity contribution in [3.8, 4) is 5.75 Å². The zero-order valence-corrected chi connectivity index (χ0v) is 24.3. The van der Waals surface area contributed by atoms with Gasteiger partial charge < -0.3 is 34.0 Å². The van der Waals surface area contributed by atoms with Crippen LogP contribution in [-0.4, -0.2) is 84.0 Å². The molecular weight excluding hydrogens is 518 g/mol. The van der Waals surface area contributed by atoms with Crippen molar-refractivity contribution in [1.82, 2.24) is 4.90 Å². The van der Waals surface area contributed by atoms with E-state index < -0.39 is 35.1 Å². The van der Waals surface area contributed by atoms with Gasteiger partial charge in [0.05, 0.1) is 24.1 Å². The molecule has 11 nitrogen and oxygen atoms in total. The van der Waals surface area contributed by atoms with Gasteiger partial charge in [-0.05, 0) is 79.0 Å². The van der Waals surface area contributed by atoms with Crippen LogP contribution < -0.4 is 14.5 Å². The topological polar surface area (TPSA) is 126 Å². The second kappa shape index (κ2) is 11.3. The van der Waals surface area contributed by atoms with Crippen LogP contribution in [-0.2, 0) is 23.9 Å². The van der Waals surface area contributed by atoms with Crippen molar-refractivity contribution >= 4 is 35.3 Å². The zero-order chi connectivity index (χ0) is 29.4. The molecule has 4 rings (SSSR count). The Balaban J connectivity index is 1.63. The first-order valence-electron chi connectivity index (χ1n) is 14.0. The maximum atomic E-state index is 14.1. The predicted octanol–water partition coefficient (Wildman–Crippen LogP) is 3.68. The number of rotatable bonds is 8. The third-order valence-corrected chi connectivity index (χ3v) is 7.25. The van der Waals surface area contributed by atoms with Gasteiger partial charge in [-0.1, -0.05) is 0 Å². The summed E-state index contributed by atoms with van der Waals surface area (Å²) in [6.45, 7) is 11.8. The molecule has 2 heterocycles. The van der Waals surface area contributed by atoms with Gasteiger partial charge in [-0.2, -0.15) is 0 Å². The molecule has 0 bridgehead atoms. The Morgan fingerprint density at radius 2 is 1.82 bits per heavy atom. The molecule has 3 aliphatic rings. The molecule has 1 N–H and O–H groups in total. The smallest absolute Gasteiger partial charge is 0.410 e. The molecule has 2 fully saturated rings. The number of carbonyl (C=O) groups is 4. The fourth-order valence-corrected chi connectivity index (χ4v) is 5.21. The van der Waals surface area contributed by atoms with Crippen molar-refractivity contribution < 1.29 is 38.5 Å². The fraction of sp³-hybridized carbons (Fsp3) is 0.655. The second-order valence-corrected chi connectivity index (χ2v) is 12.2. The van der Waals surface area contributed by atoms with Gasteiger partial charge in [-0.15, -0.1) is 0 Å². The summed E-state index contributed by atoms with van der Waals surface area (Å²) >= 11 is 0. The van der Waals surface area contributed by atoms with Crippen LogP contribution in [0.3, 0.4) is 0 Å². The molecule has 0 aromatic heterocycles. The number of carboxylic acid groups (broad SMARTS) is 1. The number of anilines is 2. The minimum Gasteiger partial charge on any atom is -0.481 e. The van der Waals surface area contributed by atoms with Crippen LogP contribution in [0.5, 0.6) is 5.75 Å². The molecule has 11 heteroatoms. The number of nitrogens with zero attached hydrogens (tertiary/aromatic N) is 3. The van der Waals surface area contributed by atoms with Gasteiger partial charge in [0, 0.05) is 38.0 Å². The van der Waals surface area contributed by atoms with E-state index in [-0.39, 0.29) is 37.4 Å². The van der Waals surface area contributed by atoms with E-state index in [0.717, 1.165) is 12.8 Å². The summed E-state index contributed by atoms with van der Waals surface area (Å²) in [4.78, 5) is 56.8. The normalized spacial score (nSPS) is 22.3. The maximum Gasteiger partial charge on any atom is 0.410 e. The molecule has 1 saturated heterocycles. The number of aliphatic carboxylic acids is 1. The molecule has 0 radical (unpaired) electrons. The summed E-state index contributed by atoms with van der Waals surface area (Å²) in [7, 11) is 0. The Labute approximate surface area is 235 Å². The number of benzene rings is 1. The van der Waals surface area contributed by atoms with Crippen LogP contribution in [0.25, 0.3) is 0 Å². The largest absolute Gasteiger partial charge is 0.481 e. The van der Waals surface area contributed by atoms with Gasteiger partial charge in [0.2, 0.25) is 5.91 Å². The van der Waals surface area contributed by atoms with Gasteiger partial charge in [-0.25, -0.2) is 4.79 Å². The van der Waals surface area contributed by atoms with Crippen LogP contribution in [0, 0.1) is 11.8 Å². The molecule has 1 aromatic carbocycles. The third-order valence-electron chi connectivity index (χ3n) is 7.25. The average Bonchev–Trinajstić information content (AvgIpc) is 3.70. The first-order valence-corrected chi connectivity index (χ1v) is 14.0. The third kappa shape index (κ3) is 6.51. The summed E-state index contributed by atoms with van der Waals surface area (Å²) in [5, 5.41) is 9.80. The van der Waals surface area contributed by atoms with Crippen LogP contribution in [0.4, 0.5) is 16.2 Å². The van der Waals surface area contributed by atoms with Crippen LogP contribution in [0.2, 0.25) is 0 Å². The minimum absolute atomic E-state index is 0.0136. The Kier molecular flexibility index (Phi) is 8.35. The molecule has 2 atom stereocenters. The summed E-state index contributed by atoms with van der Waals surface area (Å²) in [5.41, 5.74) is -0.642. The summed E-state index contributed by atoms with van der Waals surface area (Å²) in [6.07, 6.45) is 1.11. The van der Waals surface area contributed by atoms with E-state index in [4.69, 9.17) is 14.2 Å². The van der Waals surface area contributed by atoms with Crippen molar-refractivity contribution in [1.29, 1.82) is 0 Å². The summed E-state index contributed by atoms with van der Waals surface area (Å²) in [6, 6.07) is 5.31. The van der Waals surface area contributed by atoms with Crippen molar-refractivity contribution in [2.45, 2.75) is 78.0 Å². The van der Waals surface area contributed by atoms with Gasteiger partial charge in [0.1, 0.15) is 11.4 Å². The minimum atomic E-state index is -1.05. The van der Waals surface area contributed by atoms with Crippen LogP contribution in [0.1, 0.15) is 60.8 Å². The lowest BCUT2D eigenvalue weighted by Crippen LogP contribution is -2.53. The lowest BCUT2D eigenvalue weighted by Gasteiger charge is -2.40. The van der Waals surface area contributed by atoms with Crippen molar-refractivity contribution in [2.24, 2.45) is 11.8 Å². The number of hydrogen-bond donors (Lipinski definition) is 1.